The van der Waals surface area contributed by atoms with Gasteiger partial charge in [0.05, 0.1) is 19.4 Å². The molecule has 0 aliphatic carbocycles. The van der Waals surface area contributed by atoms with Gasteiger partial charge in [-0.1, -0.05) is 12.1 Å². The third-order valence-corrected chi connectivity index (χ3v) is 2.75. The number of halogens is 1. The van der Waals surface area contributed by atoms with Crippen LogP contribution in [0.1, 0.15) is 17.2 Å². The highest BCUT2D eigenvalue weighted by molar-refractivity contribution is 5.28. The van der Waals surface area contributed by atoms with Crippen molar-refractivity contribution in [3.63, 3.8) is 0 Å². The number of pyridine rings is 1. The molecule has 1 aromatic heterocycles. The number of methoxy groups -OCH3 is 1. The molecule has 0 radical (unpaired) electrons. The maximum atomic E-state index is 13.4. The number of hydrogen-bond acceptors (Lipinski definition) is 3. The molecule has 0 aliphatic rings. The summed E-state index contributed by atoms with van der Waals surface area (Å²) in [5.41, 5.74) is 1.18. The van der Waals surface area contributed by atoms with E-state index in [-0.39, 0.29) is 5.56 Å². The normalized spacial score (nSPS) is 12.2. The minimum Gasteiger partial charge on any atom is -0.497 e. The molecule has 1 unspecified atom stereocenters. The summed E-state index contributed by atoms with van der Waals surface area (Å²) in [7, 11) is 1.59. The summed E-state index contributed by atoms with van der Waals surface area (Å²) < 4.78 is 18.5. The number of rotatable bonds is 4. The van der Waals surface area contributed by atoms with Crippen LogP contribution >= 0.6 is 0 Å². The van der Waals surface area contributed by atoms with Crippen LogP contribution in [0.4, 0.5) is 4.39 Å². The van der Waals surface area contributed by atoms with Gasteiger partial charge in [-0.05, 0) is 23.8 Å². The first kappa shape index (κ1) is 12.5. The molecule has 0 fully saturated rings. The van der Waals surface area contributed by atoms with Crippen molar-refractivity contribution >= 4 is 0 Å². The van der Waals surface area contributed by atoms with E-state index in [9.17, 15) is 9.50 Å². The zero-order chi connectivity index (χ0) is 13.0. The summed E-state index contributed by atoms with van der Waals surface area (Å²) >= 11 is 0. The first-order chi connectivity index (χ1) is 8.70. The second kappa shape index (κ2) is 5.60. The van der Waals surface area contributed by atoms with Crippen molar-refractivity contribution in [3.8, 4) is 5.75 Å². The average molecular weight is 247 g/mol. The van der Waals surface area contributed by atoms with Gasteiger partial charge < -0.3 is 9.84 Å². The second-order valence-corrected chi connectivity index (χ2v) is 3.97. The van der Waals surface area contributed by atoms with Crippen LogP contribution in [0.15, 0.2) is 42.7 Å². The van der Waals surface area contributed by atoms with Gasteiger partial charge in [-0.2, -0.15) is 0 Å². The fraction of sp³-hybridized carbons (Fsp3) is 0.214. The molecule has 0 spiro atoms. The molecule has 1 atom stereocenters. The lowest BCUT2D eigenvalue weighted by Gasteiger charge is -2.12. The van der Waals surface area contributed by atoms with Gasteiger partial charge >= 0.3 is 0 Å². The van der Waals surface area contributed by atoms with Crippen LogP contribution in [0.3, 0.4) is 0 Å². The Morgan fingerprint density at radius 1 is 1.28 bits per heavy atom. The predicted octanol–water partition coefficient (Wildman–Crippen LogP) is 2.51. The Morgan fingerprint density at radius 2 is 2.00 bits per heavy atom. The van der Waals surface area contributed by atoms with Crippen LogP contribution in [0.2, 0.25) is 0 Å². The minimum absolute atomic E-state index is 0.265. The van der Waals surface area contributed by atoms with Crippen molar-refractivity contribution in [1.29, 1.82) is 0 Å². The number of nitrogens with zero attached hydrogens (tertiary/aromatic N) is 1. The van der Waals surface area contributed by atoms with Gasteiger partial charge in [0.25, 0.3) is 0 Å². The highest BCUT2D eigenvalue weighted by Gasteiger charge is 2.13. The summed E-state index contributed by atoms with van der Waals surface area (Å²) in [6, 6.07) is 8.81. The van der Waals surface area contributed by atoms with Crippen LogP contribution in [0.25, 0.3) is 0 Å². The standard InChI is InChI=1S/C14H14FNO2/c1-18-11-4-2-10(3-5-11)8-14(17)12-6-7-16-9-13(12)15/h2-7,9,14,17H,8H2,1H3. The molecule has 94 valence electrons. The molecule has 18 heavy (non-hydrogen) atoms. The molecular formula is C14H14FNO2. The fourth-order valence-corrected chi connectivity index (χ4v) is 1.75. The molecule has 0 bridgehead atoms. The molecule has 2 rings (SSSR count). The Hall–Kier alpha value is -1.94. The van der Waals surface area contributed by atoms with E-state index in [2.05, 4.69) is 4.98 Å². The summed E-state index contributed by atoms with van der Waals surface area (Å²) in [6.45, 7) is 0. The Kier molecular flexibility index (Phi) is 3.89. The summed E-state index contributed by atoms with van der Waals surface area (Å²) in [4.78, 5) is 3.65. The third-order valence-electron chi connectivity index (χ3n) is 2.75. The Bertz CT molecular complexity index is 513. The Labute approximate surface area is 105 Å². The molecule has 1 aromatic carbocycles. The van der Waals surface area contributed by atoms with E-state index in [1.165, 1.54) is 12.3 Å². The van der Waals surface area contributed by atoms with Crippen LogP contribution in [-0.2, 0) is 6.42 Å². The van der Waals surface area contributed by atoms with Crippen molar-refractivity contribution in [1.82, 2.24) is 4.98 Å². The molecule has 1 N–H and O–H groups in total. The number of aliphatic hydroxyl groups excluding tert-OH is 1. The predicted molar refractivity (Wildman–Crippen MR) is 65.9 cm³/mol. The number of benzene rings is 1. The van der Waals surface area contributed by atoms with Crippen molar-refractivity contribution in [2.75, 3.05) is 7.11 Å². The van der Waals surface area contributed by atoms with Gasteiger partial charge in [-0.25, -0.2) is 4.39 Å². The average Bonchev–Trinajstić information content (AvgIpc) is 2.40. The van der Waals surface area contributed by atoms with Crippen molar-refractivity contribution in [2.45, 2.75) is 12.5 Å². The Balaban J connectivity index is 2.11. The van der Waals surface area contributed by atoms with Crippen LogP contribution in [0, 0.1) is 5.82 Å². The third kappa shape index (κ3) is 2.84. The maximum Gasteiger partial charge on any atom is 0.147 e. The van der Waals surface area contributed by atoms with Crippen LogP contribution in [-0.4, -0.2) is 17.2 Å². The molecule has 0 saturated heterocycles. The summed E-state index contributed by atoms with van der Waals surface area (Å²) in [5.74, 6) is 0.266. The highest BCUT2D eigenvalue weighted by Crippen LogP contribution is 2.21. The fourth-order valence-electron chi connectivity index (χ4n) is 1.75. The van der Waals surface area contributed by atoms with Gasteiger partial charge in [-0.3, -0.25) is 4.98 Å². The van der Waals surface area contributed by atoms with Gasteiger partial charge in [0.2, 0.25) is 0 Å². The van der Waals surface area contributed by atoms with E-state index in [0.717, 1.165) is 17.5 Å². The SMILES string of the molecule is COc1ccc(CC(O)c2ccncc2F)cc1. The number of ether oxygens (including phenoxy) is 1. The van der Waals surface area contributed by atoms with Gasteiger partial charge in [-0.15, -0.1) is 0 Å². The number of aliphatic hydroxyl groups is 1. The minimum atomic E-state index is -0.874. The van der Waals surface area contributed by atoms with E-state index in [4.69, 9.17) is 4.74 Å². The van der Waals surface area contributed by atoms with Gasteiger partial charge in [0, 0.05) is 18.2 Å². The van der Waals surface area contributed by atoms with Gasteiger partial charge in [0.1, 0.15) is 11.6 Å². The number of hydrogen-bond donors (Lipinski definition) is 1. The zero-order valence-electron chi connectivity index (χ0n) is 10.0. The lowest BCUT2D eigenvalue weighted by molar-refractivity contribution is 0.173. The molecule has 4 heteroatoms. The van der Waals surface area contributed by atoms with E-state index >= 15 is 0 Å². The van der Waals surface area contributed by atoms with E-state index in [1.807, 2.05) is 24.3 Å². The van der Waals surface area contributed by atoms with E-state index in [0.29, 0.717) is 6.42 Å². The Morgan fingerprint density at radius 3 is 2.61 bits per heavy atom. The summed E-state index contributed by atoms with van der Waals surface area (Å²) in [5, 5.41) is 9.98. The molecule has 3 nitrogen and oxygen atoms in total. The molecule has 1 heterocycles. The van der Waals surface area contributed by atoms with Crippen LogP contribution in [0.5, 0.6) is 5.75 Å². The quantitative estimate of drug-likeness (QED) is 0.902. The van der Waals surface area contributed by atoms with Gasteiger partial charge in [0.15, 0.2) is 0 Å². The first-order valence-electron chi connectivity index (χ1n) is 5.61. The zero-order valence-corrected chi connectivity index (χ0v) is 10.0. The largest absolute Gasteiger partial charge is 0.497 e. The first-order valence-corrected chi connectivity index (χ1v) is 5.61. The molecule has 2 aromatic rings. The lowest BCUT2D eigenvalue weighted by atomic mass is 10.0. The smallest absolute Gasteiger partial charge is 0.147 e. The van der Waals surface area contributed by atoms with E-state index < -0.39 is 11.9 Å². The van der Waals surface area contributed by atoms with Crippen molar-refractivity contribution < 1.29 is 14.2 Å². The molecule has 0 aliphatic heterocycles. The van der Waals surface area contributed by atoms with Crippen molar-refractivity contribution in [2.24, 2.45) is 0 Å². The topological polar surface area (TPSA) is 42.4 Å². The van der Waals surface area contributed by atoms with E-state index in [1.54, 1.807) is 7.11 Å². The monoisotopic (exact) mass is 247 g/mol. The molecule has 0 saturated carbocycles. The molecule has 0 amide bonds. The number of aromatic nitrogens is 1. The van der Waals surface area contributed by atoms with Crippen LogP contribution < -0.4 is 4.74 Å². The second-order valence-electron chi connectivity index (χ2n) is 3.97. The van der Waals surface area contributed by atoms with Crippen molar-refractivity contribution in [3.05, 3.63) is 59.7 Å². The highest BCUT2D eigenvalue weighted by atomic mass is 19.1. The summed E-state index contributed by atoms with van der Waals surface area (Å²) in [6.07, 6.45) is 2.05. The lowest BCUT2D eigenvalue weighted by Crippen LogP contribution is -2.04. The maximum absolute atomic E-state index is 13.4. The molecular weight excluding hydrogens is 233 g/mol.